The molecule has 5 rings (SSSR count). The third-order valence-electron chi connectivity index (χ3n) is 7.61. The first-order valence-electron chi connectivity index (χ1n) is 12.4. The Balaban J connectivity index is 1.58. The van der Waals surface area contributed by atoms with Gasteiger partial charge in [-0.25, -0.2) is 0 Å². The Labute approximate surface area is 210 Å². The van der Waals surface area contributed by atoms with Crippen LogP contribution in [-0.2, 0) is 25.7 Å². The van der Waals surface area contributed by atoms with Crippen LogP contribution >= 0.6 is 11.8 Å². The van der Waals surface area contributed by atoms with Crippen LogP contribution < -0.4 is 0 Å². The van der Waals surface area contributed by atoms with Gasteiger partial charge < -0.3 is 19.6 Å². The molecule has 0 bridgehead atoms. The highest BCUT2D eigenvalue weighted by atomic mass is 32.2. The van der Waals surface area contributed by atoms with Crippen molar-refractivity contribution in [1.29, 1.82) is 0 Å². The summed E-state index contributed by atoms with van der Waals surface area (Å²) in [6.45, 7) is 3.38. The number of amides is 2. The Kier molecular flexibility index (Phi) is 6.53. The molecule has 1 aromatic carbocycles. The summed E-state index contributed by atoms with van der Waals surface area (Å²) in [5.41, 5.74) is 1.02. The number of esters is 1. The zero-order valence-electron chi connectivity index (χ0n) is 20.0. The molecule has 0 saturated carbocycles. The topological polar surface area (TPSA) is 87.1 Å². The second-order valence-corrected chi connectivity index (χ2v) is 11.7. The first-order chi connectivity index (χ1) is 16.9. The van der Waals surface area contributed by atoms with Crippen LogP contribution in [0.3, 0.4) is 0 Å². The molecule has 4 aliphatic heterocycles. The van der Waals surface area contributed by atoms with Gasteiger partial charge in [-0.3, -0.25) is 14.4 Å². The number of ether oxygens (including phenoxy) is 1. The number of allylic oxidation sites excluding steroid dienone is 1. The fraction of sp³-hybridized carbons (Fsp3) is 0.519. The number of rotatable bonds is 5. The van der Waals surface area contributed by atoms with Crippen LogP contribution in [0.25, 0.3) is 0 Å². The number of aliphatic hydroxyl groups is 1. The molecule has 1 unspecified atom stereocenters. The highest BCUT2D eigenvalue weighted by Crippen LogP contribution is 2.65. The highest BCUT2D eigenvalue weighted by molar-refractivity contribution is 8.02. The summed E-state index contributed by atoms with van der Waals surface area (Å²) in [6.07, 6.45) is 10.0. The van der Waals surface area contributed by atoms with Gasteiger partial charge in [0.1, 0.15) is 6.04 Å². The molecule has 7 nitrogen and oxygen atoms in total. The van der Waals surface area contributed by atoms with Crippen LogP contribution in [0.4, 0.5) is 0 Å². The molecule has 0 radical (unpaired) electrons. The minimum Gasteiger partial charge on any atom is -0.465 e. The summed E-state index contributed by atoms with van der Waals surface area (Å²) in [7, 11) is 0. The maximum Gasteiger partial charge on any atom is 0.311 e. The van der Waals surface area contributed by atoms with Crippen molar-refractivity contribution >= 4 is 29.5 Å². The standard InChI is InChI=1S/C27H32N2O5S/c1-26-12-6-3-7-17-34-25(33)21(26)20-23(31)29(15-9-16-30)22-24(32)28(14-8-13-27(20,22)35-26)18-19-10-4-2-5-11-19/h2,4-6,8,10-13,20-22,30H,3,7,9,14-18H2,1H3/b12-6-/t20-,21-,22?,26+,27-/m0/s1. The number of hydrogen-bond acceptors (Lipinski definition) is 6. The number of hydrogen-bond donors (Lipinski definition) is 1. The Hall–Kier alpha value is -2.58. The monoisotopic (exact) mass is 496 g/mol. The van der Waals surface area contributed by atoms with Crippen LogP contribution in [0, 0.1) is 11.8 Å². The van der Waals surface area contributed by atoms with Crippen LogP contribution in [0.1, 0.15) is 31.7 Å². The Morgan fingerprint density at radius 1 is 1.09 bits per heavy atom. The first-order valence-corrected chi connectivity index (χ1v) is 13.2. The molecule has 1 spiro atoms. The van der Waals surface area contributed by atoms with Gasteiger partial charge in [-0.1, -0.05) is 54.6 Å². The maximum absolute atomic E-state index is 14.2. The van der Waals surface area contributed by atoms with E-state index in [9.17, 15) is 19.5 Å². The fourth-order valence-corrected chi connectivity index (χ4v) is 8.26. The molecule has 2 amide bonds. The minimum absolute atomic E-state index is 0.0784. The third-order valence-corrected chi connectivity index (χ3v) is 9.40. The van der Waals surface area contributed by atoms with Gasteiger partial charge in [-0.15, -0.1) is 11.8 Å². The molecular formula is C27H32N2O5S. The smallest absolute Gasteiger partial charge is 0.311 e. The van der Waals surface area contributed by atoms with E-state index in [4.69, 9.17) is 4.74 Å². The summed E-state index contributed by atoms with van der Waals surface area (Å²) >= 11 is 1.55. The minimum atomic E-state index is -0.878. The zero-order chi connectivity index (χ0) is 24.6. The Bertz CT molecular complexity index is 1060. The van der Waals surface area contributed by atoms with Crippen molar-refractivity contribution in [3.8, 4) is 0 Å². The predicted molar refractivity (Wildman–Crippen MR) is 133 cm³/mol. The number of thioether (sulfide) groups is 1. The van der Waals surface area contributed by atoms with Crippen molar-refractivity contribution in [3.63, 3.8) is 0 Å². The second kappa shape index (κ2) is 9.47. The van der Waals surface area contributed by atoms with E-state index >= 15 is 0 Å². The van der Waals surface area contributed by atoms with E-state index in [1.807, 2.05) is 49.4 Å². The summed E-state index contributed by atoms with van der Waals surface area (Å²) < 4.78 is 4.08. The summed E-state index contributed by atoms with van der Waals surface area (Å²) in [5, 5.41) is 9.51. The van der Waals surface area contributed by atoms with Crippen LogP contribution in [0.15, 0.2) is 54.6 Å². The van der Waals surface area contributed by atoms with Crippen molar-refractivity contribution in [2.75, 3.05) is 26.3 Å². The largest absolute Gasteiger partial charge is 0.465 e. The molecule has 8 heteroatoms. The quantitative estimate of drug-likeness (QED) is 0.498. The third kappa shape index (κ3) is 4.00. The number of fused-ring (bicyclic) bond motifs is 2. The molecule has 5 atom stereocenters. The van der Waals surface area contributed by atoms with E-state index in [0.29, 0.717) is 26.1 Å². The van der Waals surface area contributed by atoms with Crippen molar-refractivity contribution in [3.05, 3.63) is 60.2 Å². The van der Waals surface area contributed by atoms with Crippen LogP contribution in [0.2, 0.25) is 0 Å². The van der Waals surface area contributed by atoms with Crippen molar-refractivity contribution in [1.82, 2.24) is 9.80 Å². The van der Waals surface area contributed by atoms with Gasteiger partial charge in [0.25, 0.3) is 0 Å². The van der Waals surface area contributed by atoms with Gasteiger partial charge in [0.2, 0.25) is 11.8 Å². The first kappa shape index (κ1) is 24.1. The van der Waals surface area contributed by atoms with Gasteiger partial charge in [0.15, 0.2) is 0 Å². The fourth-order valence-electron chi connectivity index (χ4n) is 6.11. The van der Waals surface area contributed by atoms with Crippen molar-refractivity contribution < 1.29 is 24.2 Å². The number of benzene rings is 1. The lowest BCUT2D eigenvalue weighted by Gasteiger charge is -2.36. The zero-order valence-corrected chi connectivity index (χ0v) is 20.8. The van der Waals surface area contributed by atoms with Gasteiger partial charge >= 0.3 is 5.97 Å². The molecule has 1 N–H and O–H groups in total. The maximum atomic E-state index is 14.2. The molecule has 4 heterocycles. The number of carbonyl (C=O) groups excluding carboxylic acids is 3. The molecule has 4 aliphatic rings. The molecule has 0 aromatic heterocycles. The Morgan fingerprint density at radius 2 is 1.89 bits per heavy atom. The van der Waals surface area contributed by atoms with Gasteiger partial charge in [0, 0.05) is 31.0 Å². The lowest BCUT2D eigenvalue weighted by atomic mass is 9.74. The van der Waals surface area contributed by atoms with E-state index < -0.39 is 27.4 Å². The number of nitrogens with zero attached hydrogens (tertiary/aromatic N) is 2. The summed E-state index contributed by atoms with van der Waals surface area (Å²) in [5.74, 6) is -2.07. The van der Waals surface area contributed by atoms with E-state index in [2.05, 4.69) is 12.2 Å². The average molecular weight is 497 g/mol. The lowest BCUT2D eigenvalue weighted by Crippen LogP contribution is -2.53. The summed E-state index contributed by atoms with van der Waals surface area (Å²) in [4.78, 5) is 44.9. The molecule has 2 fully saturated rings. The number of cyclic esters (lactones) is 1. The van der Waals surface area contributed by atoms with E-state index in [1.165, 1.54) is 0 Å². The Morgan fingerprint density at radius 3 is 2.66 bits per heavy atom. The molecule has 0 aliphatic carbocycles. The molecule has 35 heavy (non-hydrogen) atoms. The second-order valence-electron chi connectivity index (χ2n) is 9.92. The van der Waals surface area contributed by atoms with Crippen molar-refractivity contribution in [2.45, 2.75) is 48.3 Å². The SMILES string of the molecule is C[C@@]12/C=C\CCCOC(=O)[C@@H]1[C@H]1C(=O)N(CCCO)C3C(=O)N(Cc4ccccc4)CC=C[C@@]31S2. The normalized spacial score (nSPS) is 35.4. The molecular weight excluding hydrogens is 464 g/mol. The van der Waals surface area contributed by atoms with E-state index in [1.54, 1.807) is 21.6 Å². The van der Waals surface area contributed by atoms with Gasteiger partial charge in [0.05, 0.1) is 23.2 Å². The van der Waals surface area contributed by atoms with Crippen molar-refractivity contribution in [2.24, 2.45) is 11.8 Å². The number of carbonyl (C=O) groups is 3. The number of likely N-dealkylation sites (tertiary alicyclic amines) is 1. The molecule has 2 saturated heterocycles. The lowest BCUT2D eigenvalue weighted by molar-refractivity contribution is -0.154. The van der Waals surface area contributed by atoms with Crippen LogP contribution in [0.5, 0.6) is 0 Å². The van der Waals surface area contributed by atoms with Gasteiger partial charge in [-0.05, 0) is 31.7 Å². The molecule has 1 aromatic rings. The van der Waals surface area contributed by atoms with E-state index in [0.717, 1.165) is 18.4 Å². The highest BCUT2D eigenvalue weighted by Gasteiger charge is 2.73. The number of aliphatic hydroxyl groups excluding tert-OH is 1. The van der Waals surface area contributed by atoms with E-state index in [-0.39, 0.29) is 30.9 Å². The van der Waals surface area contributed by atoms with Gasteiger partial charge in [-0.2, -0.15) is 0 Å². The summed E-state index contributed by atoms with van der Waals surface area (Å²) in [6, 6.07) is 9.07. The molecule has 186 valence electrons. The predicted octanol–water partition coefficient (Wildman–Crippen LogP) is 2.55. The van der Waals surface area contributed by atoms with Crippen LogP contribution in [-0.4, -0.2) is 74.5 Å². The average Bonchev–Trinajstić information content (AvgIpc) is 3.19.